The molecule has 0 atom stereocenters. The van der Waals surface area contributed by atoms with Gasteiger partial charge in [-0.2, -0.15) is 0 Å². The second-order valence-corrected chi connectivity index (χ2v) is 6.71. The number of thioether (sulfide) groups is 1. The van der Waals surface area contributed by atoms with Crippen molar-refractivity contribution in [3.8, 4) is 17.1 Å². The number of nitro groups is 1. The summed E-state index contributed by atoms with van der Waals surface area (Å²) >= 11 is 1.23. The third-order valence-electron chi connectivity index (χ3n) is 3.71. The van der Waals surface area contributed by atoms with E-state index < -0.39 is 4.92 Å². The number of aromatic nitrogens is 3. The molecule has 0 bridgehead atoms. The first-order valence-electron chi connectivity index (χ1n) is 8.11. The summed E-state index contributed by atoms with van der Waals surface area (Å²) in [7, 11) is 0. The number of amides is 1. The Balaban J connectivity index is 1.57. The normalized spacial score (nSPS) is 10.6. The van der Waals surface area contributed by atoms with Crippen LogP contribution in [0.25, 0.3) is 11.4 Å². The summed E-state index contributed by atoms with van der Waals surface area (Å²) < 4.78 is 1.25. The van der Waals surface area contributed by atoms with E-state index in [-0.39, 0.29) is 23.8 Å². The summed E-state index contributed by atoms with van der Waals surface area (Å²) in [6.45, 7) is 0. The van der Waals surface area contributed by atoms with E-state index in [9.17, 15) is 20.0 Å². The SMILES string of the molecule is Nn1c(SCCC(=O)Nc2cccc([N+](=O)[O-])c2)nnc1-c1ccccc1O. The maximum atomic E-state index is 12.0. The van der Waals surface area contributed by atoms with Gasteiger partial charge in [-0.25, -0.2) is 4.68 Å². The van der Waals surface area contributed by atoms with Crippen LogP contribution in [0.3, 0.4) is 0 Å². The summed E-state index contributed by atoms with van der Waals surface area (Å²) in [5, 5.41) is 31.6. The molecule has 2 aromatic carbocycles. The van der Waals surface area contributed by atoms with Crippen molar-refractivity contribution in [1.29, 1.82) is 0 Å². The van der Waals surface area contributed by atoms with Gasteiger partial charge in [0, 0.05) is 30.0 Å². The summed E-state index contributed by atoms with van der Waals surface area (Å²) in [6.07, 6.45) is 0.145. The van der Waals surface area contributed by atoms with Crippen molar-refractivity contribution >= 4 is 29.0 Å². The van der Waals surface area contributed by atoms with Crippen LogP contribution < -0.4 is 11.2 Å². The van der Waals surface area contributed by atoms with Crippen LogP contribution in [0.1, 0.15) is 6.42 Å². The zero-order valence-corrected chi connectivity index (χ0v) is 15.3. The zero-order valence-electron chi connectivity index (χ0n) is 14.5. The van der Waals surface area contributed by atoms with Crippen molar-refractivity contribution in [1.82, 2.24) is 14.9 Å². The number of phenols is 1. The number of anilines is 1. The fourth-order valence-electron chi connectivity index (χ4n) is 2.38. The molecule has 0 aliphatic carbocycles. The number of hydrogen-bond acceptors (Lipinski definition) is 8. The van der Waals surface area contributed by atoms with Crippen LogP contribution in [0.15, 0.2) is 53.7 Å². The average molecular weight is 400 g/mol. The fourth-order valence-corrected chi connectivity index (χ4v) is 3.17. The molecule has 10 nitrogen and oxygen atoms in total. The molecule has 0 spiro atoms. The molecule has 28 heavy (non-hydrogen) atoms. The van der Waals surface area contributed by atoms with Gasteiger partial charge in [0.15, 0.2) is 5.82 Å². The van der Waals surface area contributed by atoms with E-state index in [4.69, 9.17) is 5.84 Å². The Bertz CT molecular complexity index is 1020. The highest BCUT2D eigenvalue weighted by Gasteiger charge is 2.15. The second kappa shape index (κ2) is 8.39. The summed E-state index contributed by atoms with van der Waals surface area (Å²) in [5.41, 5.74) is 0.709. The molecule has 0 radical (unpaired) electrons. The number of nitrogens with two attached hydrogens (primary N) is 1. The number of nitrogen functional groups attached to an aromatic ring is 1. The predicted molar refractivity (Wildman–Crippen MR) is 104 cm³/mol. The van der Waals surface area contributed by atoms with Crippen molar-refractivity contribution in [3.05, 3.63) is 58.6 Å². The number of aromatic hydroxyl groups is 1. The van der Waals surface area contributed by atoms with Gasteiger partial charge in [-0.05, 0) is 18.2 Å². The molecule has 3 aromatic rings. The van der Waals surface area contributed by atoms with Crippen LogP contribution in [-0.2, 0) is 4.79 Å². The number of nitrogens with zero attached hydrogens (tertiary/aromatic N) is 4. The smallest absolute Gasteiger partial charge is 0.271 e. The Morgan fingerprint density at radius 3 is 2.79 bits per heavy atom. The van der Waals surface area contributed by atoms with E-state index in [1.165, 1.54) is 40.7 Å². The number of benzene rings is 2. The number of carbonyl (C=O) groups is 1. The largest absolute Gasteiger partial charge is 0.507 e. The number of carbonyl (C=O) groups excluding carboxylic acids is 1. The van der Waals surface area contributed by atoms with Gasteiger partial charge in [-0.15, -0.1) is 10.2 Å². The molecule has 1 amide bonds. The predicted octanol–water partition coefficient (Wildman–Crippen LogP) is 2.39. The van der Waals surface area contributed by atoms with Crippen LogP contribution in [-0.4, -0.2) is 36.6 Å². The van der Waals surface area contributed by atoms with Crippen molar-refractivity contribution in [3.63, 3.8) is 0 Å². The van der Waals surface area contributed by atoms with Crippen LogP contribution in [0.4, 0.5) is 11.4 Å². The van der Waals surface area contributed by atoms with E-state index in [2.05, 4.69) is 15.5 Å². The third kappa shape index (κ3) is 4.38. The number of nitro benzene ring substituents is 1. The number of rotatable bonds is 7. The van der Waals surface area contributed by atoms with E-state index >= 15 is 0 Å². The topological polar surface area (TPSA) is 149 Å². The van der Waals surface area contributed by atoms with Crippen LogP contribution in [0, 0.1) is 10.1 Å². The molecule has 1 aromatic heterocycles. The lowest BCUT2D eigenvalue weighted by Crippen LogP contribution is -2.14. The molecule has 0 fully saturated rings. The highest BCUT2D eigenvalue weighted by molar-refractivity contribution is 7.99. The van der Waals surface area contributed by atoms with Crippen LogP contribution >= 0.6 is 11.8 Å². The van der Waals surface area contributed by atoms with Gasteiger partial charge < -0.3 is 16.3 Å². The van der Waals surface area contributed by atoms with Gasteiger partial charge in [0.2, 0.25) is 11.1 Å². The molecule has 0 unspecified atom stereocenters. The summed E-state index contributed by atoms with van der Waals surface area (Å²) in [6, 6.07) is 12.3. The maximum Gasteiger partial charge on any atom is 0.271 e. The first-order chi connectivity index (χ1) is 13.5. The molecule has 0 saturated heterocycles. The molecule has 4 N–H and O–H groups in total. The van der Waals surface area contributed by atoms with Crippen molar-refractivity contribution < 1.29 is 14.8 Å². The lowest BCUT2D eigenvalue weighted by molar-refractivity contribution is -0.384. The number of hydrogen-bond donors (Lipinski definition) is 3. The van der Waals surface area contributed by atoms with Crippen LogP contribution in [0.5, 0.6) is 5.75 Å². The number of non-ortho nitro benzene ring substituents is 1. The highest BCUT2D eigenvalue weighted by atomic mass is 32.2. The molecule has 1 heterocycles. The third-order valence-corrected chi connectivity index (χ3v) is 4.66. The Morgan fingerprint density at radius 1 is 1.25 bits per heavy atom. The molecule has 0 aliphatic rings. The lowest BCUT2D eigenvalue weighted by atomic mass is 10.2. The van der Waals surface area contributed by atoms with E-state index in [0.717, 1.165) is 0 Å². The van der Waals surface area contributed by atoms with Gasteiger partial charge in [-0.1, -0.05) is 30.0 Å². The molecule has 0 saturated carbocycles. The quantitative estimate of drug-likeness (QED) is 0.237. The Labute approximate surface area is 163 Å². The Hall–Kier alpha value is -3.60. The van der Waals surface area contributed by atoms with Crippen molar-refractivity contribution in [2.75, 3.05) is 16.9 Å². The van der Waals surface area contributed by atoms with Gasteiger partial charge in [0.05, 0.1) is 10.5 Å². The van der Waals surface area contributed by atoms with Crippen molar-refractivity contribution in [2.24, 2.45) is 0 Å². The number of para-hydroxylation sites is 1. The van der Waals surface area contributed by atoms with Gasteiger partial charge in [0.1, 0.15) is 5.75 Å². The number of phenolic OH excluding ortho intramolecular Hbond substituents is 1. The zero-order chi connectivity index (χ0) is 20.1. The Morgan fingerprint density at radius 2 is 2.04 bits per heavy atom. The van der Waals surface area contributed by atoms with Gasteiger partial charge >= 0.3 is 0 Å². The molecule has 11 heteroatoms. The minimum Gasteiger partial charge on any atom is -0.507 e. The molecule has 144 valence electrons. The minimum absolute atomic E-state index is 0.0366. The standard InChI is InChI=1S/C17H16N6O4S/c18-22-16(13-6-1-2-7-14(13)24)20-21-17(22)28-9-8-15(25)19-11-4-3-5-12(10-11)23(26)27/h1-7,10,24H,8-9,18H2,(H,19,25). The first kappa shape index (κ1) is 19.2. The second-order valence-electron chi connectivity index (χ2n) is 5.65. The first-order valence-corrected chi connectivity index (χ1v) is 9.10. The van der Waals surface area contributed by atoms with Crippen LogP contribution in [0.2, 0.25) is 0 Å². The van der Waals surface area contributed by atoms with E-state index in [0.29, 0.717) is 28.0 Å². The average Bonchev–Trinajstić information content (AvgIpc) is 3.03. The van der Waals surface area contributed by atoms with E-state index in [1.54, 1.807) is 24.3 Å². The molecule has 3 rings (SSSR count). The van der Waals surface area contributed by atoms with Gasteiger partial charge in [0.25, 0.3) is 5.69 Å². The number of nitrogens with one attached hydrogen (secondary N) is 1. The lowest BCUT2D eigenvalue weighted by Gasteiger charge is -2.06. The molecular weight excluding hydrogens is 384 g/mol. The Kier molecular flexibility index (Phi) is 5.75. The monoisotopic (exact) mass is 400 g/mol. The fraction of sp³-hybridized carbons (Fsp3) is 0.118. The van der Waals surface area contributed by atoms with E-state index in [1.807, 2.05) is 0 Å². The van der Waals surface area contributed by atoms with Crippen molar-refractivity contribution in [2.45, 2.75) is 11.6 Å². The highest BCUT2D eigenvalue weighted by Crippen LogP contribution is 2.28. The molecular formula is C17H16N6O4S. The summed E-state index contributed by atoms with van der Waals surface area (Å²) in [4.78, 5) is 22.3. The minimum atomic E-state index is -0.526. The molecule has 0 aliphatic heterocycles. The van der Waals surface area contributed by atoms with Gasteiger partial charge in [-0.3, -0.25) is 14.9 Å². The summed E-state index contributed by atoms with van der Waals surface area (Å²) in [5.74, 6) is 6.41. The maximum absolute atomic E-state index is 12.0.